The van der Waals surface area contributed by atoms with Crippen LogP contribution >= 0.6 is 0 Å². The molecule has 80 valence electrons. The van der Waals surface area contributed by atoms with Crippen LogP contribution in [0.25, 0.3) is 0 Å². The van der Waals surface area contributed by atoms with Crippen molar-refractivity contribution in [3.63, 3.8) is 0 Å². The van der Waals surface area contributed by atoms with Crippen LogP contribution in [0.2, 0.25) is 0 Å². The van der Waals surface area contributed by atoms with Gasteiger partial charge < -0.3 is 10.6 Å². The lowest BCUT2D eigenvalue weighted by Crippen LogP contribution is -2.46. The van der Waals surface area contributed by atoms with Crippen molar-refractivity contribution in [2.75, 3.05) is 30.4 Å². The van der Waals surface area contributed by atoms with Crippen LogP contribution in [0.3, 0.4) is 0 Å². The van der Waals surface area contributed by atoms with Gasteiger partial charge in [-0.25, -0.2) is 4.79 Å². The molecule has 2 amide bonds. The number of hydrogen-bond donors (Lipinski definition) is 2. The zero-order valence-electron chi connectivity index (χ0n) is 8.79. The average molecular weight is 205 g/mol. The highest BCUT2D eigenvalue weighted by atomic mass is 16.2. The summed E-state index contributed by atoms with van der Waals surface area (Å²) >= 11 is 0. The quantitative estimate of drug-likeness (QED) is 0.771. The Morgan fingerprint density at radius 1 is 1.40 bits per heavy atom. The van der Waals surface area contributed by atoms with Crippen molar-refractivity contribution < 1.29 is 4.79 Å². The highest BCUT2D eigenvalue weighted by Gasteiger charge is 2.20. The minimum absolute atomic E-state index is 0.0102. The Bertz CT molecular complexity index is 365. The molecule has 0 aliphatic carbocycles. The van der Waals surface area contributed by atoms with Gasteiger partial charge in [-0.2, -0.15) is 0 Å². The van der Waals surface area contributed by atoms with Gasteiger partial charge in [0.25, 0.3) is 0 Å². The molecule has 1 aromatic carbocycles. The minimum Gasteiger partial charge on any atom is -0.386 e. The van der Waals surface area contributed by atoms with E-state index in [-0.39, 0.29) is 6.03 Å². The molecule has 0 unspecified atom stereocenters. The van der Waals surface area contributed by atoms with Gasteiger partial charge in [0.1, 0.15) is 0 Å². The third-order valence-corrected chi connectivity index (χ3v) is 2.54. The van der Waals surface area contributed by atoms with E-state index in [1.807, 2.05) is 31.3 Å². The molecule has 2 rings (SSSR count). The Kier molecular flexibility index (Phi) is 2.76. The van der Waals surface area contributed by atoms with Gasteiger partial charge in [-0.3, -0.25) is 4.90 Å². The first-order valence-corrected chi connectivity index (χ1v) is 5.15. The first-order valence-electron chi connectivity index (χ1n) is 5.15. The fourth-order valence-electron chi connectivity index (χ4n) is 1.78. The number of carbonyl (C=O) groups is 1. The molecule has 0 aromatic heterocycles. The van der Waals surface area contributed by atoms with Gasteiger partial charge in [-0.05, 0) is 18.6 Å². The SMILES string of the molecule is CNc1ccccc1N1CCCNC1=O. The van der Waals surface area contributed by atoms with Crippen LogP contribution in [0.5, 0.6) is 0 Å². The first kappa shape index (κ1) is 9.83. The van der Waals surface area contributed by atoms with Crippen molar-refractivity contribution in [3.8, 4) is 0 Å². The summed E-state index contributed by atoms with van der Waals surface area (Å²) in [5.41, 5.74) is 1.92. The molecule has 1 aliphatic rings. The van der Waals surface area contributed by atoms with Gasteiger partial charge in [-0.1, -0.05) is 12.1 Å². The average Bonchev–Trinajstić information content (AvgIpc) is 2.30. The van der Waals surface area contributed by atoms with Crippen LogP contribution < -0.4 is 15.5 Å². The maximum absolute atomic E-state index is 11.6. The Labute approximate surface area is 89.3 Å². The number of nitrogens with zero attached hydrogens (tertiary/aromatic N) is 1. The molecule has 0 atom stereocenters. The maximum Gasteiger partial charge on any atom is 0.321 e. The molecule has 4 nitrogen and oxygen atoms in total. The molecule has 1 heterocycles. The van der Waals surface area contributed by atoms with Gasteiger partial charge in [0.15, 0.2) is 0 Å². The molecule has 1 saturated heterocycles. The third-order valence-electron chi connectivity index (χ3n) is 2.54. The smallest absolute Gasteiger partial charge is 0.321 e. The summed E-state index contributed by atoms with van der Waals surface area (Å²) in [5.74, 6) is 0. The number of urea groups is 1. The van der Waals surface area contributed by atoms with Crippen molar-refractivity contribution in [2.45, 2.75) is 6.42 Å². The Balaban J connectivity index is 2.30. The van der Waals surface area contributed by atoms with Gasteiger partial charge in [0.2, 0.25) is 0 Å². The number of benzene rings is 1. The fourth-order valence-corrected chi connectivity index (χ4v) is 1.78. The summed E-state index contributed by atoms with van der Waals surface area (Å²) in [6, 6.07) is 7.81. The van der Waals surface area contributed by atoms with Crippen molar-refractivity contribution in [1.82, 2.24) is 5.32 Å². The first-order chi connectivity index (χ1) is 7.33. The summed E-state index contributed by atoms with van der Waals surface area (Å²) in [6.45, 7) is 1.56. The second kappa shape index (κ2) is 4.21. The van der Waals surface area contributed by atoms with Crippen LogP contribution in [0.15, 0.2) is 24.3 Å². The highest BCUT2D eigenvalue weighted by molar-refractivity contribution is 5.96. The monoisotopic (exact) mass is 205 g/mol. The Hall–Kier alpha value is -1.71. The summed E-state index contributed by atoms with van der Waals surface area (Å²) in [7, 11) is 1.86. The molecule has 1 aliphatic heterocycles. The Morgan fingerprint density at radius 3 is 2.93 bits per heavy atom. The number of hydrogen-bond acceptors (Lipinski definition) is 2. The molecule has 0 spiro atoms. The van der Waals surface area contributed by atoms with Gasteiger partial charge in [0.05, 0.1) is 11.4 Å². The number of para-hydroxylation sites is 2. The van der Waals surface area contributed by atoms with Crippen LogP contribution in [0, 0.1) is 0 Å². The number of carbonyl (C=O) groups excluding carboxylic acids is 1. The molecule has 0 radical (unpaired) electrons. The van der Waals surface area contributed by atoms with E-state index in [0.29, 0.717) is 0 Å². The topological polar surface area (TPSA) is 44.4 Å². The van der Waals surface area contributed by atoms with Crippen LogP contribution in [-0.2, 0) is 0 Å². The highest BCUT2D eigenvalue weighted by Crippen LogP contribution is 2.26. The van der Waals surface area contributed by atoms with Gasteiger partial charge in [-0.15, -0.1) is 0 Å². The van der Waals surface area contributed by atoms with Crippen LogP contribution in [-0.4, -0.2) is 26.2 Å². The van der Waals surface area contributed by atoms with Gasteiger partial charge >= 0.3 is 6.03 Å². The lowest BCUT2D eigenvalue weighted by atomic mass is 10.2. The van der Waals surface area contributed by atoms with E-state index in [1.54, 1.807) is 4.90 Å². The number of nitrogens with one attached hydrogen (secondary N) is 2. The van der Waals surface area contributed by atoms with E-state index in [1.165, 1.54) is 0 Å². The number of rotatable bonds is 2. The standard InChI is InChI=1S/C11H15N3O/c1-12-9-5-2-3-6-10(9)14-8-4-7-13-11(14)15/h2-3,5-6,12H,4,7-8H2,1H3,(H,13,15). The molecule has 4 heteroatoms. The predicted octanol–water partition coefficient (Wildman–Crippen LogP) is 1.65. The summed E-state index contributed by atoms with van der Waals surface area (Å²) in [4.78, 5) is 13.4. The number of anilines is 2. The normalized spacial score (nSPS) is 16.1. The van der Waals surface area contributed by atoms with Crippen molar-refractivity contribution >= 4 is 17.4 Å². The van der Waals surface area contributed by atoms with E-state index >= 15 is 0 Å². The molecule has 0 bridgehead atoms. The summed E-state index contributed by atoms with van der Waals surface area (Å²) < 4.78 is 0. The van der Waals surface area contributed by atoms with E-state index in [9.17, 15) is 4.79 Å². The van der Waals surface area contributed by atoms with Crippen LogP contribution in [0.1, 0.15) is 6.42 Å². The molecular formula is C11H15N3O. The van der Waals surface area contributed by atoms with Crippen molar-refractivity contribution in [3.05, 3.63) is 24.3 Å². The lowest BCUT2D eigenvalue weighted by Gasteiger charge is -2.29. The molecule has 1 aromatic rings. The number of amides is 2. The van der Waals surface area contributed by atoms with E-state index < -0.39 is 0 Å². The summed E-state index contributed by atoms with van der Waals surface area (Å²) in [6.07, 6.45) is 0.990. The zero-order chi connectivity index (χ0) is 10.7. The second-order valence-electron chi connectivity index (χ2n) is 3.50. The maximum atomic E-state index is 11.6. The van der Waals surface area contributed by atoms with Crippen LogP contribution in [0.4, 0.5) is 16.2 Å². The molecule has 2 N–H and O–H groups in total. The Morgan fingerprint density at radius 2 is 2.20 bits per heavy atom. The van der Waals surface area contributed by atoms with Crippen molar-refractivity contribution in [1.29, 1.82) is 0 Å². The van der Waals surface area contributed by atoms with E-state index in [0.717, 1.165) is 30.9 Å². The molecule has 15 heavy (non-hydrogen) atoms. The summed E-state index contributed by atoms with van der Waals surface area (Å²) in [5, 5.41) is 5.93. The van der Waals surface area contributed by atoms with Gasteiger partial charge in [0, 0.05) is 20.1 Å². The third kappa shape index (κ3) is 1.88. The van der Waals surface area contributed by atoms with E-state index in [2.05, 4.69) is 10.6 Å². The van der Waals surface area contributed by atoms with Crippen molar-refractivity contribution in [2.24, 2.45) is 0 Å². The zero-order valence-corrected chi connectivity index (χ0v) is 8.79. The molecular weight excluding hydrogens is 190 g/mol. The predicted molar refractivity (Wildman–Crippen MR) is 61.4 cm³/mol. The minimum atomic E-state index is -0.0102. The fraction of sp³-hybridized carbons (Fsp3) is 0.364. The lowest BCUT2D eigenvalue weighted by molar-refractivity contribution is 0.243. The molecule has 1 fully saturated rings. The van der Waals surface area contributed by atoms with E-state index in [4.69, 9.17) is 0 Å². The largest absolute Gasteiger partial charge is 0.386 e. The molecule has 0 saturated carbocycles. The second-order valence-corrected chi connectivity index (χ2v) is 3.50.